The molecule has 3 rings (SSSR count). The summed E-state index contributed by atoms with van der Waals surface area (Å²) in [4.78, 5) is 20.5. The molecular formula is C22H27FN4O2. The SMILES string of the molecule is CC.COc1ccc(-n2ccnc2C(=O)NCCCc2cncc(F)c2)cc1C. The molecule has 0 saturated heterocycles. The molecule has 7 heteroatoms. The van der Waals surface area contributed by atoms with Gasteiger partial charge in [0.05, 0.1) is 13.3 Å². The molecule has 1 amide bonds. The third kappa shape index (κ3) is 5.88. The second-order valence-corrected chi connectivity index (χ2v) is 6.15. The molecule has 154 valence electrons. The monoisotopic (exact) mass is 398 g/mol. The number of benzene rings is 1. The van der Waals surface area contributed by atoms with Gasteiger partial charge in [-0.2, -0.15) is 0 Å². The molecule has 1 aromatic carbocycles. The average Bonchev–Trinajstić information content (AvgIpc) is 3.22. The molecule has 0 unspecified atom stereocenters. The minimum Gasteiger partial charge on any atom is -0.496 e. The van der Waals surface area contributed by atoms with Gasteiger partial charge in [-0.1, -0.05) is 13.8 Å². The van der Waals surface area contributed by atoms with E-state index < -0.39 is 0 Å². The molecule has 0 saturated carbocycles. The number of nitrogens with zero attached hydrogens (tertiary/aromatic N) is 3. The molecule has 2 aromatic heterocycles. The van der Waals surface area contributed by atoms with Crippen LogP contribution >= 0.6 is 0 Å². The molecular weight excluding hydrogens is 371 g/mol. The molecule has 0 spiro atoms. The number of imidazole rings is 1. The van der Waals surface area contributed by atoms with Crippen molar-refractivity contribution in [3.05, 3.63) is 71.8 Å². The van der Waals surface area contributed by atoms with Crippen molar-refractivity contribution in [3.8, 4) is 11.4 Å². The highest BCUT2D eigenvalue weighted by atomic mass is 19.1. The van der Waals surface area contributed by atoms with E-state index in [1.165, 1.54) is 12.3 Å². The zero-order valence-corrected chi connectivity index (χ0v) is 17.3. The van der Waals surface area contributed by atoms with E-state index in [9.17, 15) is 9.18 Å². The minimum atomic E-state index is -0.353. The number of methoxy groups -OCH3 is 1. The maximum absolute atomic E-state index is 13.1. The van der Waals surface area contributed by atoms with E-state index in [0.717, 1.165) is 22.6 Å². The van der Waals surface area contributed by atoms with E-state index >= 15 is 0 Å². The van der Waals surface area contributed by atoms with E-state index in [-0.39, 0.29) is 11.7 Å². The van der Waals surface area contributed by atoms with Gasteiger partial charge in [-0.25, -0.2) is 9.37 Å². The third-order valence-corrected chi connectivity index (χ3v) is 4.19. The lowest BCUT2D eigenvalue weighted by atomic mass is 10.1. The molecule has 1 N–H and O–H groups in total. The standard InChI is InChI=1S/C20H21FN4O2.C2H6/c1-14-10-17(5-6-18(14)27-2)25-9-8-23-19(25)20(26)24-7-3-4-15-11-16(21)13-22-12-15;1-2/h5-6,8-13H,3-4,7H2,1-2H3,(H,24,26);1-2H3. The van der Waals surface area contributed by atoms with Crippen molar-refractivity contribution < 1.29 is 13.9 Å². The van der Waals surface area contributed by atoms with Gasteiger partial charge in [-0.05, 0) is 55.2 Å². The Labute approximate surface area is 170 Å². The van der Waals surface area contributed by atoms with Crippen LogP contribution in [0.25, 0.3) is 5.69 Å². The number of aromatic nitrogens is 3. The Morgan fingerprint density at radius 3 is 2.72 bits per heavy atom. The summed E-state index contributed by atoms with van der Waals surface area (Å²) in [5.41, 5.74) is 2.61. The van der Waals surface area contributed by atoms with Crippen molar-refractivity contribution in [1.29, 1.82) is 0 Å². The second kappa shape index (κ2) is 10.9. The number of pyridine rings is 1. The lowest BCUT2D eigenvalue weighted by molar-refractivity contribution is 0.0941. The predicted molar refractivity (Wildman–Crippen MR) is 111 cm³/mol. The Hall–Kier alpha value is -3.22. The van der Waals surface area contributed by atoms with Crippen LogP contribution in [-0.2, 0) is 6.42 Å². The van der Waals surface area contributed by atoms with E-state index in [2.05, 4.69) is 15.3 Å². The van der Waals surface area contributed by atoms with Crippen LogP contribution in [0.1, 0.15) is 42.0 Å². The fourth-order valence-corrected chi connectivity index (χ4v) is 2.86. The van der Waals surface area contributed by atoms with Crippen LogP contribution in [0.4, 0.5) is 4.39 Å². The van der Waals surface area contributed by atoms with Gasteiger partial charge < -0.3 is 10.1 Å². The number of carbonyl (C=O) groups excluding carboxylic acids is 1. The van der Waals surface area contributed by atoms with Crippen molar-refractivity contribution >= 4 is 5.91 Å². The summed E-state index contributed by atoms with van der Waals surface area (Å²) in [6.45, 7) is 6.41. The minimum absolute atomic E-state index is 0.258. The summed E-state index contributed by atoms with van der Waals surface area (Å²) in [6.07, 6.45) is 7.45. The molecule has 3 aromatic rings. The highest BCUT2D eigenvalue weighted by Gasteiger charge is 2.14. The van der Waals surface area contributed by atoms with Gasteiger partial charge in [0.25, 0.3) is 5.91 Å². The van der Waals surface area contributed by atoms with Crippen LogP contribution < -0.4 is 10.1 Å². The quantitative estimate of drug-likeness (QED) is 0.608. The lowest BCUT2D eigenvalue weighted by Crippen LogP contribution is -2.27. The Morgan fingerprint density at radius 2 is 2.03 bits per heavy atom. The third-order valence-electron chi connectivity index (χ3n) is 4.19. The number of ether oxygens (including phenoxy) is 1. The van der Waals surface area contributed by atoms with Crippen LogP contribution in [0.15, 0.2) is 49.1 Å². The van der Waals surface area contributed by atoms with Crippen molar-refractivity contribution in [1.82, 2.24) is 19.9 Å². The van der Waals surface area contributed by atoms with E-state index in [0.29, 0.717) is 25.2 Å². The van der Waals surface area contributed by atoms with Crippen molar-refractivity contribution in [2.45, 2.75) is 33.6 Å². The van der Waals surface area contributed by atoms with Gasteiger partial charge in [-0.15, -0.1) is 0 Å². The summed E-state index contributed by atoms with van der Waals surface area (Å²) >= 11 is 0. The Balaban J connectivity index is 0.00000145. The Kier molecular flexibility index (Phi) is 8.33. The van der Waals surface area contributed by atoms with Crippen LogP contribution in [0, 0.1) is 12.7 Å². The predicted octanol–water partition coefficient (Wildman–Crippen LogP) is 4.11. The van der Waals surface area contributed by atoms with Gasteiger partial charge in [0, 0.05) is 30.8 Å². The first-order valence-corrected chi connectivity index (χ1v) is 9.64. The number of halogens is 1. The fraction of sp³-hybridized carbons (Fsp3) is 0.318. The fourth-order valence-electron chi connectivity index (χ4n) is 2.86. The summed E-state index contributed by atoms with van der Waals surface area (Å²) < 4.78 is 20.1. The van der Waals surface area contributed by atoms with Crippen molar-refractivity contribution in [3.63, 3.8) is 0 Å². The number of rotatable bonds is 7. The smallest absolute Gasteiger partial charge is 0.287 e. The summed E-state index contributed by atoms with van der Waals surface area (Å²) in [6, 6.07) is 7.13. The average molecular weight is 398 g/mol. The van der Waals surface area contributed by atoms with Crippen LogP contribution in [0.3, 0.4) is 0 Å². The molecule has 6 nitrogen and oxygen atoms in total. The highest BCUT2D eigenvalue weighted by molar-refractivity contribution is 5.91. The molecule has 0 radical (unpaired) electrons. The van der Waals surface area contributed by atoms with Crippen LogP contribution in [-0.4, -0.2) is 34.1 Å². The topological polar surface area (TPSA) is 69.0 Å². The molecule has 0 aliphatic carbocycles. The Bertz CT molecular complexity index is 940. The zero-order valence-electron chi connectivity index (χ0n) is 17.3. The second-order valence-electron chi connectivity index (χ2n) is 6.15. The summed E-state index contributed by atoms with van der Waals surface area (Å²) in [5, 5.41) is 2.86. The van der Waals surface area contributed by atoms with Gasteiger partial charge >= 0.3 is 0 Å². The summed E-state index contributed by atoms with van der Waals surface area (Å²) in [5.74, 6) is 0.489. The molecule has 2 heterocycles. The van der Waals surface area contributed by atoms with Crippen LogP contribution in [0.5, 0.6) is 5.75 Å². The van der Waals surface area contributed by atoms with Gasteiger partial charge in [-0.3, -0.25) is 14.3 Å². The largest absolute Gasteiger partial charge is 0.496 e. The number of nitrogens with one attached hydrogen (secondary N) is 1. The van der Waals surface area contributed by atoms with Gasteiger partial charge in [0.1, 0.15) is 11.6 Å². The van der Waals surface area contributed by atoms with Crippen LogP contribution in [0.2, 0.25) is 0 Å². The molecule has 0 atom stereocenters. The number of aryl methyl sites for hydroxylation is 2. The molecule has 29 heavy (non-hydrogen) atoms. The van der Waals surface area contributed by atoms with Crippen molar-refractivity contribution in [2.75, 3.05) is 13.7 Å². The number of amides is 1. The first-order valence-electron chi connectivity index (χ1n) is 9.64. The first-order chi connectivity index (χ1) is 14.1. The number of hydrogen-bond donors (Lipinski definition) is 1. The van der Waals surface area contributed by atoms with Gasteiger partial charge in [0.15, 0.2) is 0 Å². The molecule has 0 bridgehead atoms. The highest BCUT2D eigenvalue weighted by Crippen LogP contribution is 2.21. The normalized spacial score (nSPS) is 10.1. The molecule has 0 aliphatic rings. The van der Waals surface area contributed by atoms with E-state index in [1.54, 1.807) is 30.3 Å². The van der Waals surface area contributed by atoms with E-state index in [1.807, 2.05) is 39.0 Å². The lowest BCUT2D eigenvalue weighted by Gasteiger charge is -2.11. The maximum Gasteiger partial charge on any atom is 0.287 e. The Morgan fingerprint density at radius 1 is 1.24 bits per heavy atom. The molecule has 0 fully saturated rings. The maximum atomic E-state index is 13.1. The summed E-state index contributed by atoms with van der Waals surface area (Å²) in [7, 11) is 1.62. The first kappa shape index (κ1) is 22.1. The van der Waals surface area contributed by atoms with E-state index in [4.69, 9.17) is 4.74 Å². The zero-order chi connectivity index (χ0) is 21.2. The number of carbonyl (C=O) groups is 1. The number of hydrogen-bond acceptors (Lipinski definition) is 4. The molecule has 0 aliphatic heterocycles. The van der Waals surface area contributed by atoms with Crippen molar-refractivity contribution in [2.24, 2.45) is 0 Å². The van der Waals surface area contributed by atoms with Gasteiger partial charge in [0.2, 0.25) is 5.82 Å².